The van der Waals surface area contributed by atoms with Crippen LogP contribution in [0.25, 0.3) is 0 Å². The van der Waals surface area contributed by atoms with Crippen LogP contribution in [0.1, 0.15) is 36.2 Å². The van der Waals surface area contributed by atoms with Gasteiger partial charge in [-0.1, -0.05) is 26.0 Å². The number of nitrogens with one attached hydrogen (secondary N) is 2. The van der Waals surface area contributed by atoms with E-state index < -0.39 is 6.04 Å². The molecule has 6 nitrogen and oxygen atoms in total. The number of ether oxygens (including phenoxy) is 1. The molecule has 1 aromatic heterocycles. The van der Waals surface area contributed by atoms with Gasteiger partial charge in [-0.3, -0.25) is 14.6 Å². The zero-order valence-electron chi connectivity index (χ0n) is 15.4. The first-order chi connectivity index (χ1) is 12.5. The average molecular weight is 355 g/mol. The number of pyridine rings is 1. The maximum absolute atomic E-state index is 12.6. The predicted octanol–water partition coefficient (Wildman–Crippen LogP) is 2.55. The van der Waals surface area contributed by atoms with E-state index in [4.69, 9.17) is 4.74 Å². The van der Waals surface area contributed by atoms with Gasteiger partial charge >= 0.3 is 0 Å². The number of amides is 2. The third kappa shape index (κ3) is 5.88. The van der Waals surface area contributed by atoms with E-state index in [1.807, 2.05) is 26.0 Å². The van der Waals surface area contributed by atoms with E-state index in [1.165, 1.54) is 0 Å². The van der Waals surface area contributed by atoms with Crippen molar-refractivity contribution in [2.75, 3.05) is 7.11 Å². The highest BCUT2D eigenvalue weighted by Crippen LogP contribution is 2.13. The molecule has 0 unspecified atom stereocenters. The second kappa shape index (κ2) is 9.56. The molecular weight excluding hydrogens is 330 g/mol. The lowest BCUT2D eigenvalue weighted by molar-refractivity contribution is -0.123. The molecule has 138 valence electrons. The molecule has 0 saturated carbocycles. The van der Waals surface area contributed by atoms with Gasteiger partial charge in [-0.05, 0) is 42.2 Å². The topological polar surface area (TPSA) is 80.3 Å². The molecule has 1 aromatic carbocycles. The van der Waals surface area contributed by atoms with Gasteiger partial charge in [0.2, 0.25) is 5.91 Å². The van der Waals surface area contributed by atoms with Crippen LogP contribution in [0, 0.1) is 5.92 Å². The quantitative estimate of drug-likeness (QED) is 0.763. The molecule has 0 spiro atoms. The Bertz CT molecular complexity index is 732. The van der Waals surface area contributed by atoms with E-state index in [1.54, 1.807) is 43.8 Å². The SMILES string of the molecule is COc1cccc(C(=O)N[C@H](CC(C)C)C(=O)NCc2cccnc2)c1. The minimum Gasteiger partial charge on any atom is -0.497 e. The number of methoxy groups -OCH3 is 1. The fourth-order valence-corrected chi connectivity index (χ4v) is 2.52. The van der Waals surface area contributed by atoms with Gasteiger partial charge in [0.25, 0.3) is 5.91 Å². The van der Waals surface area contributed by atoms with Crippen molar-refractivity contribution in [2.24, 2.45) is 5.92 Å². The molecule has 0 aliphatic rings. The fraction of sp³-hybridized carbons (Fsp3) is 0.350. The Balaban J connectivity index is 2.03. The van der Waals surface area contributed by atoms with Crippen molar-refractivity contribution >= 4 is 11.8 Å². The van der Waals surface area contributed by atoms with Crippen LogP contribution < -0.4 is 15.4 Å². The smallest absolute Gasteiger partial charge is 0.252 e. The predicted molar refractivity (Wildman–Crippen MR) is 99.8 cm³/mol. The first kappa shape index (κ1) is 19.4. The van der Waals surface area contributed by atoms with E-state index in [0.29, 0.717) is 24.3 Å². The van der Waals surface area contributed by atoms with Gasteiger partial charge in [0.15, 0.2) is 0 Å². The normalized spacial score (nSPS) is 11.7. The maximum Gasteiger partial charge on any atom is 0.252 e. The summed E-state index contributed by atoms with van der Waals surface area (Å²) in [7, 11) is 1.55. The molecule has 0 fully saturated rings. The molecular formula is C20H25N3O3. The lowest BCUT2D eigenvalue weighted by atomic mass is 10.0. The molecule has 1 atom stereocenters. The summed E-state index contributed by atoms with van der Waals surface area (Å²) in [5.74, 6) is 0.346. The van der Waals surface area contributed by atoms with Crippen LogP contribution in [0.2, 0.25) is 0 Å². The van der Waals surface area contributed by atoms with Crippen LogP contribution in [-0.4, -0.2) is 29.9 Å². The molecule has 2 rings (SSSR count). The highest BCUT2D eigenvalue weighted by molar-refractivity contribution is 5.97. The van der Waals surface area contributed by atoms with Gasteiger partial charge in [-0.25, -0.2) is 0 Å². The van der Waals surface area contributed by atoms with Gasteiger partial charge < -0.3 is 15.4 Å². The molecule has 1 heterocycles. The van der Waals surface area contributed by atoms with Crippen molar-refractivity contribution in [3.05, 3.63) is 59.9 Å². The van der Waals surface area contributed by atoms with Crippen molar-refractivity contribution in [1.82, 2.24) is 15.6 Å². The number of carbonyl (C=O) groups excluding carboxylic acids is 2. The number of hydrogen-bond donors (Lipinski definition) is 2. The Hall–Kier alpha value is -2.89. The Morgan fingerprint density at radius 3 is 2.65 bits per heavy atom. The minimum atomic E-state index is -0.606. The van der Waals surface area contributed by atoms with Crippen molar-refractivity contribution in [1.29, 1.82) is 0 Å². The summed E-state index contributed by atoms with van der Waals surface area (Å²) < 4.78 is 5.14. The molecule has 2 amide bonds. The third-order valence-electron chi connectivity index (χ3n) is 3.85. The van der Waals surface area contributed by atoms with Gasteiger partial charge in [0, 0.05) is 24.5 Å². The number of aromatic nitrogens is 1. The minimum absolute atomic E-state index is 0.209. The van der Waals surface area contributed by atoms with Crippen LogP contribution in [0.3, 0.4) is 0 Å². The Kier molecular flexibility index (Phi) is 7.14. The van der Waals surface area contributed by atoms with E-state index in [-0.39, 0.29) is 17.7 Å². The van der Waals surface area contributed by atoms with Crippen LogP contribution in [0.15, 0.2) is 48.8 Å². The number of hydrogen-bond acceptors (Lipinski definition) is 4. The Morgan fingerprint density at radius 2 is 2.00 bits per heavy atom. The van der Waals surface area contributed by atoms with E-state index >= 15 is 0 Å². The number of carbonyl (C=O) groups is 2. The van der Waals surface area contributed by atoms with Crippen LogP contribution in [0.5, 0.6) is 5.75 Å². The average Bonchev–Trinajstić information content (AvgIpc) is 2.66. The van der Waals surface area contributed by atoms with Gasteiger partial charge in [-0.2, -0.15) is 0 Å². The lowest BCUT2D eigenvalue weighted by Crippen LogP contribution is -2.47. The molecule has 2 N–H and O–H groups in total. The first-order valence-corrected chi connectivity index (χ1v) is 8.61. The summed E-state index contributed by atoms with van der Waals surface area (Å²) in [5.41, 5.74) is 1.36. The number of benzene rings is 1. The highest BCUT2D eigenvalue weighted by Gasteiger charge is 2.22. The van der Waals surface area contributed by atoms with E-state index in [2.05, 4.69) is 15.6 Å². The van der Waals surface area contributed by atoms with Crippen molar-refractivity contribution in [3.63, 3.8) is 0 Å². The highest BCUT2D eigenvalue weighted by atomic mass is 16.5. The molecule has 0 aliphatic carbocycles. The van der Waals surface area contributed by atoms with Crippen molar-refractivity contribution < 1.29 is 14.3 Å². The zero-order valence-corrected chi connectivity index (χ0v) is 15.4. The summed E-state index contributed by atoms with van der Waals surface area (Å²) in [6.07, 6.45) is 3.93. The van der Waals surface area contributed by atoms with Gasteiger partial charge in [-0.15, -0.1) is 0 Å². The second-order valence-electron chi connectivity index (χ2n) is 6.47. The van der Waals surface area contributed by atoms with Crippen molar-refractivity contribution in [3.8, 4) is 5.75 Å². The monoisotopic (exact) mass is 355 g/mol. The third-order valence-corrected chi connectivity index (χ3v) is 3.85. The summed E-state index contributed by atoms with van der Waals surface area (Å²) in [6, 6.07) is 9.95. The van der Waals surface area contributed by atoms with E-state index in [9.17, 15) is 9.59 Å². The Morgan fingerprint density at radius 1 is 1.19 bits per heavy atom. The van der Waals surface area contributed by atoms with Crippen LogP contribution in [0.4, 0.5) is 0 Å². The zero-order chi connectivity index (χ0) is 18.9. The van der Waals surface area contributed by atoms with Crippen molar-refractivity contribution in [2.45, 2.75) is 32.9 Å². The molecule has 0 bridgehead atoms. The summed E-state index contributed by atoms with van der Waals surface area (Å²) in [6.45, 7) is 4.40. The van der Waals surface area contributed by atoms with Gasteiger partial charge in [0.05, 0.1) is 7.11 Å². The summed E-state index contributed by atoms with van der Waals surface area (Å²) in [5, 5.41) is 5.70. The molecule has 0 radical (unpaired) electrons. The van der Waals surface area contributed by atoms with Crippen LogP contribution in [-0.2, 0) is 11.3 Å². The Labute approximate surface area is 154 Å². The van der Waals surface area contributed by atoms with E-state index in [0.717, 1.165) is 5.56 Å². The standard InChI is InChI=1S/C20H25N3O3/c1-14(2)10-18(20(25)22-13-15-6-5-9-21-12-15)23-19(24)16-7-4-8-17(11-16)26-3/h4-9,11-12,14,18H,10,13H2,1-3H3,(H,22,25)(H,23,24)/t18-/m1/s1. The molecule has 0 saturated heterocycles. The summed E-state index contributed by atoms with van der Waals surface area (Å²) in [4.78, 5) is 29.1. The molecule has 0 aliphatic heterocycles. The molecule has 2 aromatic rings. The maximum atomic E-state index is 12.6. The van der Waals surface area contributed by atoms with Crippen LogP contribution >= 0.6 is 0 Å². The number of nitrogens with zero attached hydrogens (tertiary/aromatic N) is 1. The first-order valence-electron chi connectivity index (χ1n) is 8.61. The second-order valence-corrected chi connectivity index (χ2v) is 6.47. The molecule has 26 heavy (non-hydrogen) atoms. The van der Waals surface area contributed by atoms with Gasteiger partial charge in [0.1, 0.15) is 11.8 Å². The lowest BCUT2D eigenvalue weighted by Gasteiger charge is -2.20. The summed E-state index contributed by atoms with van der Waals surface area (Å²) >= 11 is 0. The molecule has 6 heteroatoms. The fourth-order valence-electron chi connectivity index (χ4n) is 2.52. The largest absolute Gasteiger partial charge is 0.497 e. The number of rotatable bonds is 8.